The summed E-state index contributed by atoms with van der Waals surface area (Å²) in [6.45, 7) is 2.45. The van der Waals surface area contributed by atoms with Crippen LogP contribution in [0.15, 0.2) is 18.2 Å². The molecule has 0 radical (unpaired) electrons. The highest BCUT2D eigenvalue weighted by Gasteiger charge is 2.19. The third kappa shape index (κ3) is 1.67. The van der Waals surface area contributed by atoms with Gasteiger partial charge in [-0.2, -0.15) is 0 Å². The Balaban J connectivity index is 1.89. The van der Waals surface area contributed by atoms with E-state index in [0.717, 1.165) is 18.0 Å². The Morgan fingerprint density at radius 3 is 2.80 bits per heavy atom. The Morgan fingerprint density at radius 2 is 2.00 bits per heavy atom. The summed E-state index contributed by atoms with van der Waals surface area (Å²) in [5.74, 6) is 1.77. The van der Waals surface area contributed by atoms with Gasteiger partial charge in [-0.25, -0.2) is 0 Å². The smallest absolute Gasteiger partial charge is 0.161 e. The van der Waals surface area contributed by atoms with Gasteiger partial charge in [0.15, 0.2) is 11.5 Å². The molecule has 0 aliphatic carbocycles. The highest BCUT2D eigenvalue weighted by molar-refractivity contribution is 5.44. The molecule has 80 valence electrons. The van der Waals surface area contributed by atoms with Crippen molar-refractivity contribution in [3.63, 3.8) is 0 Å². The first kappa shape index (κ1) is 9.04. The number of nitrogens with one attached hydrogen (secondary N) is 1. The second-order valence-electron chi connectivity index (χ2n) is 4.05. The third-order valence-corrected chi connectivity index (χ3v) is 3.03. The quantitative estimate of drug-likeness (QED) is 0.759. The van der Waals surface area contributed by atoms with Gasteiger partial charge in [0.25, 0.3) is 0 Å². The maximum Gasteiger partial charge on any atom is 0.161 e. The van der Waals surface area contributed by atoms with Gasteiger partial charge < -0.3 is 14.8 Å². The van der Waals surface area contributed by atoms with Crippen molar-refractivity contribution in [2.45, 2.75) is 18.9 Å². The molecule has 3 rings (SSSR count). The van der Waals surface area contributed by atoms with Crippen molar-refractivity contribution >= 4 is 0 Å². The fourth-order valence-corrected chi connectivity index (χ4v) is 2.25. The average Bonchev–Trinajstić information content (AvgIpc) is 2.82. The van der Waals surface area contributed by atoms with Crippen LogP contribution in [0.5, 0.6) is 11.5 Å². The molecule has 2 aliphatic rings. The van der Waals surface area contributed by atoms with Crippen molar-refractivity contribution in [3.8, 4) is 11.5 Å². The Bertz CT molecular complexity index is 359. The lowest BCUT2D eigenvalue weighted by Gasteiger charge is -2.20. The van der Waals surface area contributed by atoms with Gasteiger partial charge >= 0.3 is 0 Å². The van der Waals surface area contributed by atoms with Gasteiger partial charge in [-0.05, 0) is 37.1 Å². The first-order chi connectivity index (χ1) is 7.43. The standard InChI is InChI=1S/C12H15NO2/c1-2-10(13-5-1)9-3-4-11-12(8-9)15-7-6-14-11/h3-4,8,10,13H,1-2,5-7H2/t10-/m0/s1. The molecule has 0 unspecified atom stereocenters. The average molecular weight is 205 g/mol. The summed E-state index contributed by atoms with van der Waals surface area (Å²) < 4.78 is 11.1. The summed E-state index contributed by atoms with van der Waals surface area (Å²) in [4.78, 5) is 0. The van der Waals surface area contributed by atoms with Crippen LogP contribution < -0.4 is 14.8 Å². The van der Waals surface area contributed by atoms with E-state index < -0.39 is 0 Å². The summed E-state index contributed by atoms with van der Waals surface area (Å²) in [5.41, 5.74) is 1.32. The molecule has 3 heteroatoms. The second-order valence-corrected chi connectivity index (χ2v) is 4.05. The predicted octanol–water partition coefficient (Wildman–Crippen LogP) is 1.88. The molecule has 1 aromatic rings. The lowest BCUT2D eigenvalue weighted by atomic mass is 10.0. The van der Waals surface area contributed by atoms with E-state index in [2.05, 4.69) is 17.4 Å². The Morgan fingerprint density at radius 1 is 1.13 bits per heavy atom. The van der Waals surface area contributed by atoms with E-state index >= 15 is 0 Å². The van der Waals surface area contributed by atoms with E-state index in [4.69, 9.17) is 9.47 Å². The number of hydrogen-bond acceptors (Lipinski definition) is 3. The van der Waals surface area contributed by atoms with Crippen LogP contribution >= 0.6 is 0 Å². The minimum absolute atomic E-state index is 0.501. The van der Waals surface area contributed by atoms with Gasteiger partial charge in [0.05, 0.1) is 0 Å². The Kier molecular flexibility index (Phi) is 2.25. The molecule has 0 saturated carbocycles. The monoisotopic (exact) mass is 205 g/mol. The maximum absolute atomic E-state index is 5.57. The van der Waals surface area contributed by atoms with Gasteiger partial charge in [-0.15, -0.1) is 0 Å². The summed E-state index contributed by atoms with van der Waals surface area (Å²) in [7, 11) is 0. The molecule has 3 nitrogen and oxygen atoms in total. The van der Waals surface area contributed by atoms with Crippen molar-refractivity contribution in [1.29, 1.82) is 0 Å². The van der Waals surface area contributed by atoms with Gasteiger partial charge in [0, 0.05) is 6.04 Å². The zero-order valence-corrected chi connectivity index (χ0v) is 8.66. The zero-order chi connectivity index (χ0) is 10.1. The molecule has 1 atom stereocenters. The number of fused-ring (bicyclic) bond motifs is 1. The number of hydrogen-bond donors (Lipinski definition) is 1. The molecule has 0 bridgehead atoms. The van der Waals surface area contributed by atoms with Crippen LogP contribution in [-0.4, -0.2) is 19.8 Å². The van der Waals surface area contributed by atoms with E-state index in [1.165, 1.54) is 18.4 Å². The summed E-state index contributed by atoms with van der Waals surface area (Å²) in [5, 5.41) is 3.48. The second kappa shape index (κ2) is 3.74. The Labute approximate surface area is 89.4 Å². The maximum atomic E-state index is 5.57. The van der Waals surface area contributed by atoms with Crippen LogP contribution in [-0.2, 0) is 0 Å². The summed E-state index contributed by atoms with van der Waals surface area (Å²) >= 11 is 0. The molecule has 1 saturated heterocycles. The van der Waals surface area contributed by atoms with Crippen LogP contribution in [0.1, 0.15) is 24.4 Å². The van der Waals surface area contributed by atoms with Crippen molar-refractivity contribution < 1.29 is 9.47 Å². The normalized spacial score (nSPS) is 24.1. The van der Waals surface area contributed by atoms with E-state index in [-0.39, 0.29) is 0 Å². The van der Waals surface area contributed by atoms with Crippen molar-refractivity contribution in [2.75, 3.05) is 19.8 Å². The van der Waals surface area contributed by atoms with Crippen LogP contribution in [0.4, 0.5) is 0 Å². The molecule has 15 heavy (non-hydrogen) atoms. The van der Waals surface area contributed by atoms with Gasteiger partial charge in [-0.1, -0.05) is 6.07 Å². The largest absolute Gasteiger partial charge is 0.486 e. The fourth-order valence-electron chi connectivity index (χ4n) is 2.25. The predicted molar refractivity (Wildman–Crippen MR) is 57.4 cm³/mol. The summed E-state index contributed by atoms with van der Waals surface area (Å²) in [6, 6.07) is 6.76. The van der Waals surface area contributed by atoms with E-state index in [9.17, 15) is 0 Å². The minimum Gasteiger partial charge on any atom is -0.486 e. The summed E-state index contributed by atoms with van der Waals surface area (Å²) in [6.07, 6.45) is 2.48. The molecular formula is C12H15NO2. The molecule has 0 spiro atoms. The molecule has 2 aliphatic heterocycles. The van der Waals surface area contributed by atoms with Crippen molar-refractivity contribution in [2.24, 2.45) is 0 Å². The van der Waals surface area contributed by atoms with Crippen LogP contribution in [0.3, 0.4) is 0 Å². The lowest BCUT2D eigenvalue weighted by Crippen LogP contribution is -2.17. The molecule has 2 heterocycles. The number of rotatable bonds is 1. The molecular weight excluding hydrogens is 190 g/mol. The van der Waals surface area contributed by atoms with E-state index in [1.54, 1.807) is 0 Å². The first-order valence-electron chi connectivity index (χ1n) is 5.56. The van der Waals surface area contributed by atoms with Crippen LogP contribution in [0.2, 0.25) is 0 Å². The highest BCUT2D eigenvalue weighted by Crippen LogP contribution is 2.34. The lowest BCUT2D eigenvalue weighted by molar-refractivity contribution is 0.171. The van der Waals surface area contributed by atoms with Crippen molar-refractivity contribution in [3.05, 3.63) is 23.8 Å². The highest BCUT2D eigenvalue weighted by atomic mass is 16.6. The van der Waals surface area contributed by atoms with Crippen molar-refractivity contribution in [1.82, 2.24) is 5.32 Å². The molecule has 1 aromatic carbocycles. The zero-order valence-electron chi connectivity index (χ0n) is 8.66. The van der Waals surface area contributed by atoms with E-state index in [1.807, 2.05) is 6.07 Å². The molecule has 0 amide bonds. The van der Waals surface area contributed by atoms with Gasteiger partial charge in [0.2, 0.25) is 0 Å². The molecule has 1 fully saturated rings. The number of benzene rings is 1. The van der Waals surface area contributed by atoms with Crippen LogP contribution in [0.25, 0.3) is 0 Å². The first-order valence-corrected chi connectivity index (χ1v) is 5.56. The molecule has 1 N–H and O–H groups in total. The van der Waals surface area contributed by atoms with Crippen LogP contribution in [0, 0.1) is 0 Å². The minimum atomic E-state index is 0.501. The van der Waals surface area contributed by atoms with E-state index in [0.29, 0.717) is 19.3 Å². The Hall–Kier alpha value is -1.22. The van der Waals surface area contributed by atoms with Gasteiger partial charge in [-0.3, -0.25) is 0 Å². The third-order valence-electron chi connectivity index (χ3n) is 3.03. The SMILES string of the molecule is c1cc2c(cc1[C@@H]1CCCN1)OCCO2. The fraction of sp³-hybridized carbons (Fsp3) is 0.500. The number of ether oxygens (including phenoxy) is 2. The molecule has 0 aromatic heterocycles. The van der Waals surface area contributed by atoms with Gasteiger partial charge in [0.1, 0.15) is 13.2 Å². The topological polar surface area (TPSA) is 30.5 Å².